The van der Waals surface area contributed by atoms with Gasteiger partial charge in [0, 0.05) is 38.3 Å². The highest BCUT2D eigenvalue weighted by Crippen LogP contribution is 2.18. The van der Waals surface area contributed by atoms with E-state index in [4.69, 9.17) is 4.74 Å². The Morgan fingerprint density at radius 2 is 1.78 bits per heavy atom. The lowest BCUT2D eigenvalue weighted by Gasteiger charge is -2.31. The zero-order chi connectivity index (χ0) is 18.6. The molecule has 0 atom stereocenters. The first kappa shape index (κ1) is 17.6. The molecule has 0 unspecified atom stereocenters. The lowest BCUT2D eigenvalue weighted by atomic mass is 10.1. The van der Waals surface area contributed by atoms with Gasteiger partial charge in [-0.15, -0.1) is 5.10 Å². The molecule has 3 heterocycles. The van der Waals surface area contributed by atoms with Gasteiger partial charge in [0.15, 0.2) is 5.69 Å². The van der Waals surface area contributed by atoms with Gasteiger partial charge in [0.25, 0.3) is 5.91 Å². The number of likely N-dealkylation sites (tertiary alicyclic amines) is 1. The van der Waals surface area contributed by atoms with Crippen LogP contribution in [0.3, 0.4) is 0 Å². The Morgan fingerprint density at radius 3 is 2.48 bits per heavy atom. The number of piperidine rings is 1. The molecule has 0 N–H and O–H groups in total. The summed E-state index contributed by atoms with van der Waals surface area (Å²) in [4.78, 5) is 24.2. The average Bonchev–Trinajstić information content (AvgIpc) is 3.21. The van der Waals surface area contributed by atoms with Gasteiger partial charge < -0.3 is 9.64 Å². The van der Waals surface area contributed by atoms with Crippen molar-refractivity contribution in [3.63, 3.8) is 0 Å². The largest absolute Gasteiger partial charge is 0.460 e. The molecule has 1 saturated heterocycles. The zero-order valence-electron chi connectivity index (χ0n) is 14.4. The molecule has 0 bridgehead atoms. The number of amides is 1. The van der Waals surface area contributed by atoms with Crippen molar-refractivity contribution in [2.75, 3.05) is 13.1 Å². The summed E-state index contributed by atoms with van der Waals surface area (Å²) in [5.74, 6) is -0.115. The summed E-state index contributed by atoms with van der Waals surface area (Å²) in [6.07, 6.45) is 6.24. The zero-order valence-corrected chi connectivity index (χ0v) is 16.0. The molecule has 9 heteroatoms. The second-order valence-electron chi connectivity index (χ2n) is 6.15. The topological polar surface area (TPSA) is 86.0 Å². The normalized spacial score (nSPS) is 14.9. The Hall–Kier alpha value is -2.81. The fourth-order valence-electron chi connectivity index (χ4n) is 2.90. The van der Waals surface area contributed by atoms with Gasteiger partial charge in [0.1, 0.15) is 6.10 Å². The maximum absolute atomic E-state index is 12.7. The summed E-state index contributed by atoms with van der Waals surface area (Å²) in [5.41, 5.74) is 1.16. The number of carbonyl (C=O) groups excluding carboxylic acids is 1. The number of hydrogen-bond acceptors (Lipinski definition) is 6. The van der Waals surface area contributed by atoms with Gasteiger partial charge in [-0.05, 0) is 28.1 Å². The van der Waals surface area contributed by atoms with E-state index in [2.05, 4.69) is 36.1 Å². The number of para-hydroxylation sites is 1. The minimum Gasteiger partial charge on any atom is -0.460 e. The first-order valence-corrected chi connectivity index (χ1v) is 9.39. The summed E-state index contributed by atoms with van der Waals surface area (Å²) in [5, 5.41) is 8.50. The molecule has 27 heavy (non-hydrogen) atoms. The van der Waals surface area contributed by atoms with Crippen LogP contribution < -0.4 is 4.74 Å². The number of aromatic nitrogens is 5. The minimum atomic E-state index is -0.115. The molecule has 1 aromatic carbocycles. The third-order valence-electron chi connectivity index (χ3n) is 4.30. The Morgan fingerprint density at radius 1 is 1.07 bits per heavy atom. The van der Waals surface area contributed by atoms with Crippen LogP contribution in [0.2, 0.25) is 0 Å². The predicted molar refractivity (Wildman–Crippen MR) is 101 cm³/mol. The Balaban J connectivity index is 1.35. The third kappa shape index (κ3) is 4.13. The maximum atomic E-state index is 12.7. The van der Waals surface area contributed by atoms with Crippen molar-refractivity contribution in [1.82, 2.24) is 29.9 Å². The first-order chi connectivity index (χ1) is 13.2. The van der Waals surface area contributed by atoms with Crippen molar-refractivity contribution in [1.29, 1.82) is 0 Å². The SMILES string of the molecule is O=C(c1cnn(-c2ccccc2)n1)N1CCC(Oc2ncc(Br)cn2)CC1. The molecule has 1 aliphatic rings. The van der Waals surface area contributed by atoms with Crippen molar-refractivity contribution in [2.45, 2.75) is 18.9 Å². The van der Waals surface area contributed by atoms with Crippen LogP contribution >= 0.6 is 15.9 Å². The van der Waals surface area contributed by atoms with E-state index in [0.717, 1.165) is 23.0 Å². The number of nitrogens with zero attached hydrogens (tertiary/aromatic N) is 6. The van der Waals surface area contributed by atoms with Crippen LogP contribution in [0.4, 0.5) is 0 Å². The van der Waals surface area contributed by atoms with E-state index in [1.807, 2.05) is 30.3 Å². The van der Waals surface area contributed by atoms with Gasteiger partial charge in [-0.3, -0.25) is 4.79 Å². The van der Waals surface area contributed by atoms with Crippen LogP contribution in [0, 0.1) is 0 Å². The highest BCUT2D eigenvalue weighted by atomic mass is 79.9. The molecular formula is C18H17BrN6O2. The van der Waals surface area contributed by atoms with Crippen molar-refractivity contribution < 1.29 is 9.53 Å². The van der Waals surface area contributed by atoms with Crippen LogP contribution in [0.5, 0.6) is 6.01 Å². The van der Waals surface area contributed by atoms with Crippen LogP contribution in [0.25, 0.3) is 5.69 Å². The third-order valence-corrected chi connectivity index (χ3v) is 4.71. The molecular weight excluding hydrogens is 412 g/mol. The van der Waals surface area contributed by atoms with Crippen molar-refractivity contribution in [3.8, 4) is 11.7 Å². The summed E-state index contributed by atoms with van der Waals surface area (Å²) >= 11 is 3.30. The highest BCUT2D eigenvalue weighted by molar-refractivity contribution is 9.10. The monoisotopic (exact) mass is 428 g/mol. The van der Waals surface area contributed by atoms with Crippen molar-refractivity contribution in [3.05, 3.63) is 59.1 Å². The van der Waals surface area contributed by atoms with Gasteiger partial charge in [0.2, 0.25) is 0 Å². The van der Waals surface area contributed by atoms with Gasteiger partial charge >= 0.3 is 6.01 Å². The molecule has 3 aromatic rings. The maximum Gasteiger partial charge on any atom is 0.316 e. The molecule has 0 spiro atoms. The molecule has 0 aliphatic carbocycles. The quantitative estimate of drug-likeness (QED) is 0.634. The lowest BCUT2D eigenvalue weighted by Crippen LogP contribution is -2.42. The van der Waals surface area contributed by atoms with Crippen LogP contribution in [0.1, 0.15) is 23.3 Å². The smallest absolute Gasteiger partial charge is 0.316 e. The molecule has 8 nitrogen and oxygen atoms in total. The van der Waals surface area contributed by atoms with Crippen LogP contribution in [0.15, 0.2) is 53.4 Å². The standard InChI is InChI=1S/C18H17BrN6O2/c19-13-10-20-18(21-11-13)27-15-6-8-24(9-7-15)17(26)16-12-22-25(23-16)14-4-2-1-3-5-14/h1-5,10-12,15H,6-9H2. The van der Waals surface area contributed by atoms with Gasteiger partial charge in [-0.1, -0.05) is 18.2 Å². The minimum absolute atomic E-state index is 0.00442. The molecule has 1 fully saturated rings. The summed E-state index contributed by atoms with van der Waals surface area (Å²) in [6, 6.07) is 9.86. The lowest BCUT2D eigenvalue weighted by molar-refractivity contribution is 0.0573. The number of rotatable bonds is 4. The molecule has 1 aliphatic heterocycles. The number of ether oxygens (including phenoxy) is 1. The molecule has 138 valence electrons. The fraction of sp³-hybridized carbons (Fsp3) is 0.278. The van der Waals surface area contributed by atoms with E-state index in [1.54, 1.807) is 17.3 Å². The van der Waals surface area contributed by atoms with E-state index >= 15 is 0 Å². The molecule has 4 rings (SSSR count). The van der Waals surface area contributed by atoms with Crippen molar-refractivity contribution >= 4 is 21.8 Å². The van der Waals surface area contributed by atoms with Gasteiger partial charge in [-0.2, -0.15) is 9.90 Å². The van der Waals surface area contributed by atoms with E-state index in [0.29, 0.717) is 24.8 Å². The van der Waals surface area contributed by atoms with E-state index < -0.39 is 0 Å². The Kier molecular flexibility index (Phi) is 5.10. The number of hydrogen-bond donors (Lipinski definition) is 0. The second kappa shape index (κ2) is 7.83. The summed E-state index contributed by atoms with van der Waals surface area (Å²) < 4.78 is 6.60. The number of halogens is 1. The van der Waals surface area contributed by atoms with Gasteiger partial charge in [-0.25, -0.2) is 9.97 Å². The molecule has 1 amide bonds. The van der Waals surface area contributed by atoms with E-state index in [1.165, 1.54) is 11.0 Å². The Labute approximate surface area is 164 Å². The Bertz CT molecular complexity index is 907. The number of benzene rings is 1. The first-order valence-electron chi connectivity index (χ1n) is 8.60. The second-order valence-corrected chi connectivity index (χ2v) is 7.06. The average molecular weight is 429 g/mol. The summed E-state index contributed by atoms with van der Waals surface area (Å²) in [6.45, 7) is 1.19. The van der Waals surface area contributed by atoms with Crippen molar-refractivity contribution in [2.24, 2.45) is 0 Å². The predicted octanol–water partition coefficient (Wildman–Crippen LogP) is 2.50. The van der Waals surface area contributed by atoms with E-state index in [9.17, 15) is 4.79 Å². The molecule has 0 saturated carbocycles. The van der Waals surface area contributed by atoms with E-state index in [-0.39, 0.29) is 12.0 Å². The van der Waals surface area contributed by atoms with Crippen LogP contribution in [-0.4, -0.2) is 55.0 Å². The summed E-state index contributed by atoms with van der Waals surface area (Å²) in [7, 11) is 0. The molecule has 0 radical (unpaired) electrons. The number of carbonyl (C=O) groups is 1. The fourth-order valence-corrected chi connectivity index (χ4v) is 3.10. The van der Waals surface area contributed by atoms with Crippen LogP contribution in [-0.2, 0) is 0 Å². The highest BCUT2D eigenvalue weighted by Gasteiger charge is 2.26. The molecule has 2 aromatic heterocycles. The van der Waals surface area contributed by atoms with Gasteiger partial charge in [0.05, 0.1) is 16.4 Å².